The number of fused-ring (bicyclic) bond motifs is 1. The predicted molar refractivity (Wildman–Crippen MR) is 110 cm³/mol. The molecule has 0 saturated heterocycles. The van der Waals surface area contributed by atoms with E-state index in [9.17, 15) is 9.59 Å². The molecule has 3 atom stereocenters. The minimum atomic E-state index is -0.734. The fraction of sp³-hybridized carbons (Fsp3) is 0.318. The maximum atomic E-state index is 13.1. The van der Waals surface area contributed by atoms with Crippen LogP contribution >= 0.6 is 0 Å². The summed E-state index contributed by atoms with van der Waals surface area (Å²) < 4.78 is 5.32. The van der Waals surface area contributed by atoms with Crippen molar-refractivity contribution < 1.29 is 14.1 Å². The van der Waals surface area contributed by atoms with E-state index in [1.807, 2.05) is 44.2 Å². The molecular formula is C22H23N5O3. The topological polar surface area (TPSA) is 101 Å². The van der Waals surface area contributed by atoms with Crippen molar-refractivity contribution in [3.05, 3.63) is 71.5 Å². The van der Waals surface area contributed by atoms with Crippen molar-refractivity contribution in [3.8, 4) is 0 Å². The lowest BCUT2D eigenvalue weighted by Gasteiger charge is -2.26. The highest BCUT2D eigenvalue weighted by Crippen LogP contribution is 2.34. The van der Waals surface area contributed by atoms with Crippen LogP contribution in [0.5, 0.6) is 0 Å². The Kier molecular flexibility index (Phi) is 5.31. The van der Waals surface area contributed by atoms with E-state index in [1.54, 1.807) is 25.5 Å². The maximum absolute atomic E-state index is 13.1. The lowest BCUT2D eigenvalue weighted by atomic mass is 9.87. The van der Waals surface area contributed by atoms with Gasteiger partial charge in [-0.05, 0) is 11.5 Å². The normalized spacial score (nSPS) is 21.1. The summed E-state index contributed by atoms with van der Waals surface area (Å²) in [4.78, 5) is 36.1. The molecule has 0 fully saturated rings. The van der Waals surface area contributed by atoms with Gasteiger partial charge in [-0.2, -0.15) is 0 Å². The van der Waals surface area contributed by atoms with E-state index in [2.05, 4.69) is 20.4 Å². The summed E-state index contributed by atoms with van der Waals surface area (Å²) in [6.07, 6.45) is 3.71. The summed E-state index contributed by atoms with van der Waals surface area (Å²) in [6, 6.07) is 10.7. The minimum Gasteiger partial charge on any atom is -0.360 e. The summed E-state index contributed by atoms with van der Waals surface area (Å²) in [6.45, 7) is 3.91. The van der Waals surface area contributed by atoms with Crippen LogP contribution in [-0.2, 0) is 11.2 Å². The van der Waals surface area contributed by atoms with Crippen LogP contribution in [0.15, 0.2) is 53.3 Å². The van der Waals surface area contributed by atoms with Crippen LogP contribution in [0.3, 0.4) is 0 Å². The molecular weight excluding hydrogens is 382 g/mol. The van der Waals surface area contributed by atoms with Crippen molar-refractivity contribution >= 4 is 17.6 Å². The van der Waals surface area contributed by atoms with Gasteiger partial charge in [0.2, 0.25) is 0 Å². The fourth-order valence-corrected chi connectivity index (χ4v) is 3.71. The Morgan fingerprint density at radius 3 is 2.67 bits per heavy atom. The molecule has 8 heteroatoms. The predicted octanol–water partition coefficient (Wildman–Crippen LogP) is 2.57. The number of nitrogens with one attached hydrogen (secondary N) is 1. The molecule has 2 aromatic heterocycles. The van der Waals surface area contributed by atoms with Crippen molar-refractivity contribution in [1.29, 1.82) is 0 Å². The van der Waals surface area contributed by atoms with Gasteiger partial charge in [0.05, 0.1) is 5.69 Å². The van der Waals surface area contributed by atoms with E-state index in [0.717, 1.165) is 11.3 Å². The van der Waals surface area contributed by atoms with Crippen LogP contribution in [0.2, 0.25) is 0 Å². The molecule has 2 amide bonds. The van der Waals surface area contributed by atoms with Crippen molar-refractivity contribution in [2.24, 2.45) is 5.92 Å². The van der Waals surface area contributed by atoms with E-state index < -0.39 is 11.9 Å². The van der Waals surface area contributed by atoms with Crippen molar-refractivity contribution in [3.63, 3.8) is 0 Å². The van der Waals surface area contributed by atoms with Gasteiger partial charge in [-0.25, -0.2) is 4.98 Å². The lowest BCUT2D eigenvalue weighted by Crippen LogP contribution is -2.50. The smallest absolute Gasteiger partial charge is 0.274 e. The van der Waals surface area contributed by atoms with Gasteiger partial charge in [0.15, 0.2) is 11.5 Å². The summed E-state index contributed by atoms with van der Waals surface area (Å²) in [7, 11) is 1.65. The zero-order valence-electron chi connectivity index (χ0n) is 17.1. The average Bonchev–Trinajstić information content (AvgIpc) is 3.22. The van der Waals surface area contributed by atoms with E-state index in [4.69, 9.17) is 4.52 Å². The number of hydrogen-bond donors (Lipinski definition) is 1. The second-order valence-electron chi connectivity index (χ2n) is 7.60. The highest BCUT2D eigenvalue weighted by atomic mass is 16.5. The molecule has 0 unspecified atom stereocenters. The third kappa shape index (κ3) is 3.68. The van der Waals surface area contributed by atoms with E-state index in [1.165, 1.54) is 4.90 Å². The first kappa shape index (κ1) is 19.8. The van der Waals surface area contributed by atoms with Crippen LogP contribution < -0.4 is 10.2 Å². The number of anilines is 1. The number of amides is 2. The molecule has 0 saturated carbocycles. The number of carbonyl (C=O) groups is 2. The zero-order valence-corrected chi connectivity index (χ0v) is 17.1. The van der Waals surface area contributed by atoms with Crippen molar-refractivity contribution in [2.75, 3.05) is 11.9 Å². The Bertz CT molecular complexity index is 1070. The maximum Gasteiger partial charge on any atom is 0.274 e. The minimum absolute atomic E-state index is 0.0705. The number of hydrogen-bond acceptors (Lipinski definition) is 6. The van der Waals surface area contributed by atoms with Crippen LogP contribution in [0.1, 0.15) is 47.3 Å². The molecule has 3 aromatic rings. The molecule has 1 aromatic carbocycles. The van der Waals surface area contributed by atoms with Gasteiger partial charge >= 0.3 is 0 Å². The molecule has 0 radical (unpaired) electrons. The molecule has 1 aliphatic heterocycles. The van der Waals surface area contributed by atoms with Crippen LogP contribution in [0.4, 0.5) is 5.82 Å². The Labute approximate surface area is 174 Å². The van der Waals surface area contributed by atoms with Gasteiger partial charge in [0.1, 0.15) is 11.8 Å². The van der Waals surface area contributed by atoms with Gasteiger partial charge < -0.3 is 9.84 Å². The number of carbonyl (C=O) groups excluding carboxylic acids is 2. The second-order valence-corrected chi connectivity index (χ2v) is 7.60. The monoisotopic (exact) mass is 405 g/mol. The molecule has 4 rings (SSSR count). The third-order valence-corrected chi connectivity index (χ3v) is 5.67. The average molecular weight is 405 g/mol. The van der Waals surface area contributed by atoms with Crippen molar-refractivity contribution in [1.82, 2.24) is 20.4 Å². The van der Waals surface area contributed by atoms with Gasteiger partial charge in [0, 0.05) is 37.8 Å². The lowest BCUT2D eigenvalue weighted by molar-refractivity contribution is -0.121. The van der Waals surface area contributed by atoms with Crippen LogP contribution in [0.25, 0.3) is 0 Å². The van der Waals surface area contributed by atoms with Gasteiger partial charge in [-0.15, -0.1) is 0 Å². The molecule has 8 nitrogen and oxygen atoms in total. The molecule has 1 N–H and O–H groups in total. The SMILES string of the molecule is C[C@@H]1[C@H](NC(=O)c2cc(Cc3ccccc3)on2)C(=O)N(C)c2nccnc2[C@@H]1C. The Balaban J connectivity index is 1.52. The molecule has 0 bridgehead atoms. The Hall–Kier alpha value is -3.55. The second kappa shape index (κ2) is 8.06. The zero-order chi connectivity index (χ0) is 21.3. The quantitative estimate of drug-likeness (QED) is 0.716. The van der Waals surface area contributed by atoms with Gasteiger partial charge in [-0.3, -0.25) is 19.5 Å². The summed E-state index contributed by atoms with van der Waals surface area (Å²) in [5.74, 6) is 0.158. The molecule has 1 aliphatic rings. The highest BCUT2D eigenvalue weighted by molar-refractivity contribution is 6.02. The summed E-state index contributed by atoms with van der Waals surface area (Å²) >= 11 is 0. The first-order valence-electron chi connectivity index (χ1n) is 9.84. The van der Waals surface area contributed by atoms with Gasteiger partial charge in [0.25, 0.3) is 11.8 Å². The van der Waals surface area contributed by atoms with Crippen molar-refractivity contribution in [2.45, 2.75) is 32.2 Å². The number of benzene rings is 1. The number of aromatic nitrogens is 3. The number of nitrogens with zero attached hydrogens (tertiary/aromatic N) is 4. The fourth-order valence-electron chi connectivity index (χ4n) is 3.71. The Morgan fingerprint density at radius 1 is 1.17 bits per heavy atom. The molecule has 30 heavy (non-hydrogen) atoms. The molecule has 0 aliphatic carbocycles. The van der Waals surface area contributed by atoms with Crippen LogP contribution in [0, 0.1) is 5.92 Å². The first-order valence-corrected chi connectivity index (χ1v) is 9.84. The summed E-state index contributed by atoms with van der Waals surface area (Å²) in [5, 5.41) is 6.73. The standard InChI is InChI=1S/C22H23N5O3/c1-13-14(2)19(22(29)27(3)20-18(13)23-9-10-24-20)25-21(28)17-12-16(30-26-17)11-15-7-5-4-6-8-15/h4-10,12-14,19H,11H2,1-3H3,(H,25,28)/t13-,14+,19+/m1/s1. The third-order valence-electron chi connectivity index (χ3n) is 5.67. The molecule has 0 spiro atoms. The van der Waals surface area contributed by atoms with E-state index in [0.29, 0.717) is 18.0 Å². The highest BCUT2D eigenvalue weighted by Gasteiger charge is 2.39. The van der Waals surface area contributed by atoms with Crippen LogP contribution in [-0.4, -0.2) is 40.0 Å². The Morgan fingerprint density at radius 2 is 1.90 bits per heavy atom. The number of likely N-dealkylation sites (N-methyl/N-ethyl adjacent to an activating group) is 1. The van der Waals surface area contributed by atoms with Gasteiger partial charge in [-0.1, -0.05) is 49.3 Å². The van der Waals surface area contributed by atoms with E-state index in [-0.39, 0.29) is 23.4 Å². The molecule has 154 valence electrons. The largest absolute Gasteiger partial charge is 0.360 e. The summed E-state index contributed by atoms with van der Waals surface area (Å²) in [5.41, 5.74) is 1.94. The van der Waals surface area contributed by atoms with E-state index >= 15 is 0 Å². The molecule has 3 heterocycles. The number of rotatable bonds is 4. The first-order chi connectivity index (χ1) is 14.5.